The molecule has 0 unspecified atom stereocenters. The SMILES string of the molecule is CC[NH+](CC)CCn1c(=S)[nH]c2cc(C(=O)NCCOC)ccc2c1=O. The van der Waals surface area contributed by atoms with Crippen LogP contribution in [0.15, 0.2) is 23.0 Å². The van der Waals surface area contributed by atoms with Gasteiger partial charge in [-0.25, -0.2) is 0 Å². The van der Waals surface area contributed by atoms with Crippen LogP contribution >= 0.6 is 12.2 Å². The van der Waals surface area contributed by atoms with E-state index in [1.54, 1.807) is 29.9 Å². The van der Waals surface area contributed by atoms with Crippen LogP contribution in [0.5, 0.6) is 0 Å². The zero-order valence-corrected chi connectivity index (χ0v) is 16.4. The van der Waals surface area contributed by atoms with Crippen LogP contribution in [0.4, 0.5) is 0 Å². The molecule has 0 spiro atoms. The van der Waals surface area contributed by atoms with Crippen molar-refractivity contribution in [1.29, 1.82) is 0 Å². The molecule has 0 bridgehead atoms. The minimum atomic E-state index is -0.211. The number of hydrogen-bond donors (Lipinski definition) is 3. The molecule has 3 N–H and O–H groups in total. The van der Waals surface area contributed by atoms with Gasteiger partial charge in [-0.05, 0) is 44.3 Å². The minimum Gasteiger partial charge on any atom is -0.383 e. The fourth-order valence-electron chi connectivity index (χ4n) is 2.84. The number of likely N-dealkylation sites (N-methyl/N-ethyl adjacent to an activating group) is 1. The third-order valence-corrected chi connectivity index (χ3v) is 4.85. The summed E-state index contributed by atoms with van der Waals surface area (Å²) in [5.41, 5.74) is 0.927. The number of nitrogens with zero attached hydrogens (tertiary/aromatic N) is 1. The van der Waals surface area contributed by atoms with Gasteiger partial charge in [0.2, 0.25) is 0 Å². The molecule has 1 aromatic carbocycles. The fourth-order valence-corrected chi connectivity index (χ4v) is 3.13. The van der Waals surface area contributed by atoms with Crippen LogP contribution < -0.4 is 15.8 Å². The van der Waals surface area contributed by atoms with E-state index < -0.39 is 0 Å². The van der Waals surface area contributed by atoms with E-state index in [-0.39, 0.29) is 11.5 Å². The highest BCUT2D eigenvalue weighted by molar-refractivity contribution is 7.71. The standard InChI is InChI=1S/C18H26N4O3S/c1-4-21(5-2)9-10-22-17(24)14-7-6-13(12-15(14)20-18(22)26)16(23)19-8-11-25-3/h6-7,12H,4-5,8-11H2,1-3H3,(H,19,23)(H,20,26)/p+1. The number of quaternary nitrogens is 1. The van der Waals surface area contributed by atoms with Crippen molar-refractivity contribution in [2.75, 3.05) is 39.9 Å². The number of carbonyl (C=O) groups excluding carboxylic acids is 1. The molecule has 26 heavy (non-hydrogen) atoms. The second-order valence-electron chi connectivity index (χ2n) is 6.10. The number of carbonyl (C=O) groups is 1. The van der Waals surface area contributed by atoms with Crippen molar-refractivity contribution in [3.05, 3.63) is 38.9 Å². The lowest BCUT2D eigenvalue weighted by atomic mass is 10.1. The largest absolute Gasteiger partial charge is 0.383 e. The molecule has 0 aliphatic heterocycles. The molecule has 8 heteroatoms. The van der Waals surface area contributed by atoms with Gasteiger partial charge in [-0.2, -0.15) is 0 Å². The quantitative estimate of drug-likeness (QED) is 0.434. The molecule has 142 valence electrons. The van der Waals surface area contributed by atoms with E-state index in [0.717, 1.165) is 19.6 Å². The van der Waals surface area contributed by atoms with Crippen molar-refractivity contribution >= 4 is 29.0 Å². The van der Waals surface area contributed by atoms with Gasteiger partial charge in [0.05, 0.1) is 43.7 Å². The maximum Gasteiger partial charge on any atom is 0.262 e. The maximum absolute atomic E-state index is 12.8. The molecule has 0 radical (unpaired) electrons. The zero-order chi connectivity index (χ0) is 19.1. The van der Waals surface area contributed by atoms with Gasteiger partial charge in [-0.3, -0.25) is 14.2 Å². The van der Waals surface area contributed by atoms with Crippen molar-refractivity contribution in [2.45, 2.75) is 20.4 Å². The number of ether oxygens (including phenoxy) is 1. The number of aromatic amines is 1. The van der Waals surface area contributed by atoms with Crippen LogP contribution in [0.3, 0.4) is 0 Å². The molecule has 1 aromatic heterocycles. The van der Waals surface area contributed by atoms with Crippen molar-refractivity contribution < 1.29 is 14.4 Å². The Kier molecular flexibility index (Phi) is 7.50. The average molecular weight is 380 g/mol. The molecule has 0 fully saturated rings. The summed E-state index contributed by atoms with van der Waals surface area (Å²) >= 11 is 5.37. The van der Waals surface area contributed by atoms with Crippen LogP contribution in [0, 0.1) is 4.77 Å². The predicted molar refractivity (Wildman–Crippen MR) is 105 cm³/mol. The Morgan fingerprint density at radius 1 is 1.35 bits per heavy atom. The third kappa shape index (κ3) is 4.78. The smallest absolute Gasteiger partial charge is 0.262 e. The number of hydrogen-bond acceptors (Lipinski definition) is 4. The lowest BCUT2D eigenvalue weighted by Crippen LogP contribution is -3.11. The summed E-state index contributed by atoms with van der Waals surface area (Å²) < 4.78 is 6.90. The summed E-state index contributed by atoms with van der Waals surface area (Å²) in [6.07, 6.45) is 0. The molecule has 2 rings (SSSR count). The lowest BCUT2D eigenvalue weighted by Gasteiger charge is -2.16. The van der Waals surface area contributed by atoms with E-state index in [1.807, 2.05) is 0 Å². The predicted octanol–water partition coefficient (Wildman–Crippen LogP) is 0.360. The highest BCUT2D eigenvalue weighted by atomic mass is 32.1. The van der Waals surface area contributed by atoms with Crippen LogP contribution in [-0.2, 0) is 11.3 Å². The Balaban J connectivity index is 2.29. The van der Waals surface area contributed by atoms with Crippen LogP contribution in [0.25, 0.3) is 10.9 Å². The molecular formula is C18H27N4O3S+. The van der Waals surface area contributed by atoms with Gasteiger partial charge < -0.3 is 19.9 Å². The number of benzene rings is 1. The van der Waals surface area contributed by atoms with E-state index in [0.29, 0.717) is 40.9 Å². The molecule has 0 atom stereocenters. The van der Waals surface area contributed by atoms with Gasteiger partial charge in [-0.15, -0.1) is 0 Å². The number of methoxy groups -OCH3 is 1. The Hall–Kier alpha value is -2.03. The van der Waals surface area contributed by atoms with Gasteiger partial charge >= 0.3 is 0 Å². The van der Waals surface area contributed by atoms with E-state index in [1.165, 1.54) is 4.90 Å². The first-order valence-corrected chi connectivity index (χ1v) is 9.30. The second kappa shape index (κ2) is 9.61. The number of nitrogens with one attached hydrogen (secondary N) is 3. The highest BCUT2D eigenvalue weighted by Crippen LogP contribution is 2.10. The first-order valence-electron chi connectivity index (χ1n) is 8.89. The first-order chi connectivity index (χ1) is 12.5. The van der Waals surface area contributed by atoms with Crippen molar-refractivity contribution in [3.8, 4) is 0 Å². The summed E-state index contributed by atoms with van der Waals surface area (Å²) in [5.74, 6) is -0.211. The molecule has 2 aromatic rings. The molecule has 0 aliphatic rings. The van der Waals surface area contributed by atoms with Crippen molar-refractivity contribution in [1.82, 2.24) is 14.9 Å². The van der Waals surface area contributed by atoms with E-state index >= 15 is 0 Å². The van der Waals surface area contributed by atoms with Crippen LogP contribution in [0.2, 0.25) is 0 Å². The molecule has 0 saturated carbocycles. The summed E-state index contributed by atoms with van der Waals surface area (Å²) in [4.78, 5) is 29.4. The first kappa shape index (κ1) is 20.3. The Morgan fingerprint density at radius 3 is 2.73 bits per heavy atom. The highest BCUT2D eigenvalue weighted by Gasteiger charge is 2.11. The number of amides is 1. The molecular weight excluding hydrogens is 352 g/mol. The van der Waals surface area contributed by atoms with Gasteiger partial charge in [0.1, 0.15) is 0 Å². The fraction of sp³-hybridized carbons (Fsp3) is 0.500. The van der Waals surface area contributed by atoms with E-state index in [2.05, 4.69) is 24.1 Å². The number of rotatable bonds is 9. The normalized spacial score (nSPS) is 11.2. The molecule has 0 aliphatic carbocycles. The van der Waals surface area contributed by atoms with Crippen molar-refractivity contribution in [2.24, 2.45) is 0 Å². The Bertz CT molecular complexity index is 871. The second-order valence-corrected chi connectivity index (χ2v) is 6.49. The van der Waals surface area contributed by atoms with Crippen molar-refractivity contribution in [3.63, 3.8) is 0 Å². The molecule has 1 heterocycles. The topological polar surface area (TPSA) is 80.6 Å². The van der Waals surface area contributed by atoms with Gasteiger partial charge in [0.25, 0.3) is 11.5 Å². The summed E-state index contributed by atoms with van der Waals surface area (Å²) in [7, 11) is 1.58. The zero-order valence-electron chi connectivity index (χ0n) is 15.6. The average Bonchev–Trinajstić information content (AvgIpc) is 2.64. The monoisotopic (exact) mass is 379 g/mol. The summed E-state index contributed by atoms with van der Waals surface area (Å²) in [5, 5.41) is 3.29. The van der Waals surface area contributed by atoms with Crippen LogP contribution in [-0.4, -0.2) is 55.4 Å². The van der Waals surface area contributed by atoms with E-state index in [4.69, 9.17) is 17.0 Å². The number of aromatic nitrogens is 2. The Labute approximate surface area is 158 Å². The number of fused-ring (bicyclic) bond motifs is 1. The van der Waals surface area contributed by atoms with Crippen LogP contribution in [0.1, 0.15) is 24.2 Å². The van der Waals surface area contributed by atoms with E-state index in [9.17, 15) is 9.59 Å². The van der Waals surface area contributed by atoms with Gasteiger partial charge in [0.15, 0.2) is 4.77 Å². The summed E-state index contributed by atoms with van der Waals surface area (Å²) in [6, 6.07) is 4.99. The maximum atomic E-state index is 12.8. The number of H-pyrrole nitrogens is 1. The summed E-state index contributed by atoms with van der Waals surface area (Å²) in [6.45, 7) is 8.56. The van der Waals surface area contributed by atoms with Gasteiger partial charge in [-0.1, -0.05) is 0 Å². The third-order valence-electron chi connectivity index (χ3n) is 4.52. The lowest BCUT2D eigenvalue weighted by molar-refractivity contribution is -0.897. The molecule has 7 nitrogen and oxygen atoms in total. The van der Waals surface area contributed by atoms with Gasteiger partial charge in [0, 0.05) is 19.2 Å². The minimum absolute atomic E-state index is 0.123. The molecule has 1 amide bonds. The Morgan fingerprint density at radius 2 is 2.08 bits per heavy atom. The molecule has 0 saturated heterocycles.